The van der Waals surface area contributed by atoms with Crippen LogP contribution in [0.2, 0.25) is 0 Å². The van der Waals surface area contributed by atoms with Crippen LogP contribution in [-0.2, 0) is 0 Å². The van der Waals surface area contributed by atoms with Crippen molar-refractivity contribution in [1.29, 1.82) is 0 Å². The lowest BCUT2D eigenvalue weighted by Crippen LogP contribution is -2.05. The lowest BCUT2D eigenvalue weighted by Gasteiger charge is -2.12. The first-order valence-corrected chi connectivity index (χ1v) is 8.40. The first-order valence-electron chi connectivity index (χ1n) is 8.40. The molecule has 134 valence electrons. The average molecular weight is 350 g/mol. The van der Waals surface area contributed by atoms with Crippen LogP contribution in [0.25, 0.3) is 11.3 Å². The third kappa shape index (κ3) is 4.22. The summed E-state index contributed by atoms with van der Waals surface area (Å²) in [6, 6.07) is 17.5. The van der Waals surface area contributed by atoms with Crippen LogP contribution in [0.5, 0.6) is 11.5 Å². The van der Waals surface area contributed by atoms with Crippen molar-refractivity contribution < 1.29 is 9.47 Å². The molecule has 0 radical (unpaired) electrons. The number of nitrogens with zero attached hydrogens (tertiary/aromatic N) is 2. The van der Waals surface area contributed by atoms with Crippen molar-refractivity contribution in [1.82, 2.24) is 9.97 Å². The molecule has 6 heteroatoms. The molecule has 0 unspecified atom stereocenters. The average Bonchev–Trinajstić information content (AvgIpc) is 2.68. The summed E-state index contributed by atoms with van der Waals surface area (Å²) in [7, 11) is 3.25. The molecule has 1 heterocycles. The van der Waals surface area contributed by atoms with E-state index in [1.807, 2.05) is 61.5 Å². The summed E-state index contributed by atoms with van der Waals surface area (Å²) in [5.74, 6) is 2.67. The van der Waals surface area contributed by atoms with Gasteiger partial charge < -0.3 is 20.1 Å². The highest BCUT2D eigenvalue weighted by atomic mass is 16.5. The first-order chi connectivity index (χ1) is 12.7. The lowest BCUT2D eigenvalue weighted by atomic mass is 10.1. The maximum absolute atomic E-state index is 5.33. The Labute approximate surface area is 153 Å². The van der Waals surface area contributed by atoms with Gasteiger partial charge in [0.15, 0.2) is 0 Å². The molecule has 2 aromatic carbocycles. The summed E-state index contributed by atoms with van der Waals surface area (Å²) in [6.07, 6.45) is 0. The summed E-state index contributed by atoms with van der Waals surface area (Å²) in [5.41, 5.74) is 2.69. The predicted octanol–water partition coefficient (Wildman–Crippen LogP) is 4.34. The van der Waals surface area contributed by atoms with Gasteiger partial charge in [0.05, 0.1) is 19.9 Å². The second-order valence-corrected chi connectivity index (χ2v) is 5.58. The van der Waals surface area contributed by atoms with Crippen LogP contribution in [0.15, 0.2) is 54.6 Å². The number of hydrogen-bond donors (Lipinski definition) is 2. The van der Waals surface area contributed by atoms with E-state index in [0.717, 1.165) is 23.5 Å². The highest BCUT2D eigenvalue weighted by Crippen LogP contribution is 2.29. The van der Waals surface area contributed by atoms with Gasteiger partial charge in [-0.2, -0.15) is 4.98 Å². The zero-order chi connectivity index (χ0) is 18.4. The van der Waals surface area contributed by atoms with Crippen LogP contribution in [-0.4, -0.2) is 30.7 Å². The Bertz CT molecular complexity index is 847. The maximum Gasteiger partial charge on any atom is 0.225 e. The molecule has 2 N–H and O–H groups in total. The highest BCUT2D eigenvalue weighted by Gasteiger charge is 2.08. The molecule has 0 saturated heterocycles. The van der Waals surface area contributed by atoms with Gasteiger partial charge in [-0.3, -0.25) is 0 Å². The molecular weight excluding hydrogens is 328 g/mol. The van der Waals surface area contributed by atoms with E-state index < -0.39 is 0 Å². The molecule has 0 aliphatic carbocycles. The molecule has 0 saturated carbocycles. The number of aromatic nitrogens is 2. The quantitative estimate of drug-likeness (QED) is 0.661. The third-order valence-corrected chi connectivity index (χ3v) is 3.75. The van der Waals surface area contributed by atoms with E-state index >= 15 is 0 Å². The fourth-order valence-electron chi connectivity index (χ4n) is 2.53. The van der Waals surface area contributed by atoms with Gasteiger partial charge in [0, 0.05) is 42.1 Å². The molecule has 0 atom stereocenters. The van der Waals surface area contributed by atoms with Gasteiger partial charge >= 0.3 is 0 Å². The van der Waals surface area contributed by atoms with Crippen LogP contribution in [0.1, 0.15) is 6.92 Å². The summed E-state index contributed by atoms with van der Waals surface area (Å²) in [6.45, 7) is 2.75. The number of benzene rings is 2. The molecule has 3 rings (SSSR count). The molecule has 0 aliphatic rings. The van der Waals surface area contributed by atoms with Gasteiger partial charge in [0.2, 0.25) is 5.95 Å². The molecule has 0 aliphatic heterocycles. The zero-order valence-corrected chi connectivity index (χ0v) is 15.1. The summed E-state index contributed by atoms with van der Waals surface area (Å²) >= 11 is 0. The number of methoxy groups -OCH3 is 2. The molecule has 1 aromatic heterocycles. The Hall–Kier alpha value is -3.28. The van der Waals surface area contributed by atoms with Crippen molar-refractivity contribution in [2.45, 2.75) is 6.92 Å². The van der Waals surface area contributed by atoms with Gasteiger partial charge in [-0.05, 0) is 6.92 Å². The van der Waals surface area contributed by atoms with Crippen molar-refractivity contribution >= 4 is 17.5 Å². The number of rotatable bonds is 7. The van der Waals surface area contributed by atoms with E-state index in [4.69, 9.17) is 9.47 Å². The summed E-state index contributed by atoms with van der Waals surface area (Å²) in [5, 5.41) is 6.49. The largest absolute Gasteiger partial charge is 0.497 e. The molecule has 3 aromatic rings. The predicted molar refractivity (Wildman–Crippen MR) is 104 cm³/mol. The highest BCUT2D eigenvalue weighted by molar-refractivity contribution is 5.68. The van der Waals surface area contributed by atoms with Crippen molar-refractivity contribution in [3.8, 4) is 22.8 Å². The van der Waals surface area contributed by atoms with Crippen LogP contribution < -0.4 is 20.1 Å². The second-order valence-electron chi connectivity index (χ2n) is 5.58. The molecule has 0 spiro atoms. The zero-order valence-electron chi connectivity index (χ0n) is 15.1. The van der Waals surface area contributed by atoms with Gasteiger partial charge in [-0.25, -0.2) is 4.98 Å². The standard InChI is InChI=1S/C20H22N4O2/c1-4-21-20-23-18(14-8-6-5-7-9-14)13-19(24-20)22-15-10-16(25-2)12-17(11-15)26-3/h5-13H,4H2,1-3H3,(H2,21,22,23,24). The van der Waals surface area contributed by atoms with E-state index in [1.54, 1.807) is 14.2 Å². The Kier molecular flexibility index (Phi) is 5.53. The van der Waals surface area contributed by atoms with E-state index in [-0.39, 0.29) is 0 Å². The first kappa shape index (κ1) is 17.5. The van der Waals surface area contributed by atoms with Crippen molar-refractivity contribution in [2.75, 3.05) is 31.4 Å². The smallest absolute Gasteiger partial charge is 0.225 e. The molecule has 26 heavy (non-hydrogen) atoms. The van der Waals surface area contributed by atoms with Crippen LogP contribution in [0.4, 0.5) is 17.5 Å². The van der Waals surface area contributed by atoms with E-state index in [2.05, 4.69) is 20.6 Å². The van der Waals surface area contributed by atoms with Gasteiger partial charge in [-0.1, -0.05) is 30.3 Å². The maximum atomic E-state index is 5.33. The minimum Gasteiger partial charge on any atom is -0.497 e. The Balaban J connectivity index is 1.98. The van der Waals surface area contributed by atoms with Gasteiger partial charge in [0.1, 0.15) is 17.3 Å². The molecule has 6 nitrogen and oxygen atoms in total. The number of hydrogen-bond acceptors (Lipinski definition) is 6. The van der Waals surface area contributed by atoms with Crippen molar-refractivity contribution in [3.63, 3.8) is 0 Å². The van der Waals surface area contributed by atoms with Crippen LogP contribution >= 0.6 is 0 Å². The SMILES string of the molecule is CCNc1nc(Nc2cc(OC)cc(OC)c2)cc(-c2ccccc2)n1. The van der Waals surface area contributed by atoms with Crippen molar-refractivity contribution in [3.05, 3.63) is 54.6 Å². The Morgan fingerprint density at radius 1 is 0.885 bits per heavy atom. The number of nitrogens with one attached hydrogen (secondary N) is 2. The monoisotopic (exact) mass is 350 g/mol. The number of anilines is 3. The topological polar surface area (TPSA) is 68.3 Å². The fraction of sp³-hybridized carbons (Fsp3) is 0.200. The second kappa shape index (κ2) is 8.20. The molecular formula is C20H22N4O2. The Morgan fingerprint density at radius 2 is 1.58 bits per heavy atom. The summed E-state index contributed by atoms with van der Waals surface area (Å²) < 4.78 is 10.7. The van der Waals surface area contributed by atoms with Gasteiger partial charge in [-0.15, -0.1) is 0 Å². The molecule has 0 fully saturated rings. The third-order valence-electron chi connectivity index (χ3n) is 3.75. The van der Waals surface area contributed by atoms with E-state index in [1.165, 1.54) is 0 Å². The minimum atomic E-state index is 0.575. The van der Waals surface area contributed by atoms with E-state index in [9.17, 15) is 0 Å². The summed E-state index contributed by atoms with van der Waals surface area (Å²) in [4.78, 5) is 9.13. The fourth-order valence-corrected chi connectivity index (χ4v) is 2.53. The van der Waals surface area contributed by atoms with E-state index in [0.29, 0.717) is 23.3 Å². The normalized spacial score (nSPS) is 10.3. The number of ether oxygens (including phenoxy) is 2. The lowest BCUT2D eigenvalue weighted by molar-refractivity contribution is 0.395. The van der Waals surface area contributed by atoms with Crippen molar-refractivity contribution in [2.24, 2.45) is 0 Å². The minimum absolute atomic E-state index is 0.575. The Morgan fingerprint density at radius 3 is 2.19 bits per heavy atom. The van der Waals surface area contributed by atoms with Crippen LogP contribution in [0.3, 0.4) is 0 Å². The van der Waals surface area contributed by atoms with Crippen LogP contribution in [0, 0.1) is 0 Å². The molecule has 0 amide bonds. The molecule has 0 bridgehead atoms. The van der Waals surface area contributed by atoms with Gasteiger partial charge in [0.25, 0.3) is 0 Å².